The second kappa shape index (κ2) is 5.78. The number of carbonyl (C=O) groups is 1. The van der Waals surface area contributed by atoms with Gasteiger partial charge in [0.25, 0.3) is 0 Å². The van der Waals surface area contributed by atoms with Crippen LogP contribution in [0.4, 0.5) is 5.13 Å². The summed E-state index contributed by atoms with van der Waals surface area (Å²) in [6.45, 7) is 4.19. The Balaban J connectivity index is 1.34. The van der Waals surface area contributed by atoms with Crippen LogP contribution in [0.15, 0.2) is 12.1 Å². The molecule has 2 aromatic rings. The minimum absolute atomic E-state index is 0.150. The summed E-state index contributed by atoms with van der Waals surface area (Å²) in [7, 11) is 0. The molecule has 138 valence electrons. The molecule has 4 bridgehead atoms. The van der Waals surface area contributed by atoms with E-state index in [1.165, 1.54) is 49.7 Å². The Morgan fingerprint density at radius 1 is 1.27 bits per heavy atom. The summed E-state index contributed by atoms with van der Waals surface area (Å²) in [5, 5.41) is 3.87. The number of amides is 1. The molecule has 4 atom stereocenters. The third-order valence-electron chi connectivity index (χ3n) is 6.72. The maximum Gasteiger partial charge on any atom is 0.226 e. The van der Waals surface area contributed by atoms with Gasteiger partial charge >= 0.3 is 0 Å². The second-order valence-corrected chi connectivity index (χ2v) is 12.0. The molecule has 6 rings (SSSR count). The van der Waals surface area contributed by atoms with Crippen LogP contribution in [0, 0.1) is 31.1 Å². The molecular weight excluding hydrogens is 408 g/mol. The molecule has 4 fully saturated rings. The molecule has 4 saturated carbocycles. The fraction of sp³-hybridized carbons (Fsp3) is 0.619. The second-order valence-electron chi connectivity index (χ2n) is 9.28. The highest BCUT2D eigenvalue weighted by Gasteiger charge is 2.57. The largest absolute Gasteiger partial charge is 0.302 e. The van der Waals surface area contributed by atoms with Gasteiger partial charge in [0, 0.05) is 10.7 Å². The number of anilines is 1. The van der Waals surface area contributed by atoms with Crippen molar-refractivity contribution in [3.63, 3.8) is 0 Å². The lowest BCUT2D eigenvalue weighted by Crippen LogP contribution is -2.53. The minimum atomic E-state index is 0.150. The van der Waals surface area contributed by atoms with Crippen LogP contribution in [0.25, 0.3) is 10.2 Å². The Hall–Kier alpha value is -0.940. The molecule has 4 aliphatic carbocycles. The Morgan fingerprint density at radius 2 is 2.00 bits per heavy atom. The van der Waals surface area contributed by atoms with Crippen molar-refractivity contribution in [2.24, 2.45) is 17.3 Å². The first-order valence-electron chi connectivity index (χ1n) is 9.68. The normalized spacial score (nSPS) is 35.2. The van der Waals surface area contributed by atoms with Crippen molar-refractivity contribution < 1.29 is 4.79 Å². The van der Waals surface area contributed by atoms with E-state index in [0.717, 1.165) is 27.2 Å². The summed E-state index contributed by atoms with van der Waals surface area (Å²) in [6, 6.07) is 4.31. The van der Waals surface area contributed by atoms with E-state index in [1.54, 1.807) is 11.3 Å². The number of benzene rings is 1. The zero-order valence-electron chi connectivity index (χ0n) is 15.4. The van der Waals surface area contributed by atoms with Gasteiger partial charge in [0.2, 0.25) is 5.91 Å². The van der Waals surface area contributed by atoms with Crippen LogP contribution >= 0.6 is 27.3 Å². The van der Waals surface area contributed by atoms with E-state index in [9.17, 15) is 4.79 Å². The van der Waals surface area contributed by atoms with Crippen molar-refractivity contribution in [2.75, 3.05) is 5.32 Å². The SMILES string of the molecule is Cc1cc(C)c2nc(NC(=O)CC34C[C@@H]5C[C@@H](CC(Br)(C5)C3)C4)sc2c1. The van der Waals surface area contributed by atoms with E-state index < -0.39 is 0 Å². The summed E-state index contributed by atoms with van der Waals surface area (Å²) in [5.74, 6) is 1.78. The zero-order chi connectivity index (χ0) is 18.1. The van der Waals surface area contributed by atoms with Gasteiger partial charge in [0.1, 0.15) is 0 Å². The number of hydrogen-bond acceptors (Lipinski definition) is 3. The van der Waals surface area contributed by atoms with Gasteiger partial charge in [0.15, 0.2) is 5.13 Å². The third-order valence-corrected chi connectivity index (χ3v) is 8.57. The third kappa shape index (κ3) is 2.91. The van der Waals surface area contributed by atoms with E-state index in [-0.39, 0.29) is 11.3 Å². The number of halogens is 1. The monoisotopic (exact) mass is 432 g/mol. The van der Waals surface area contributed by atoms with Gasteiger partial charge < -0.3 is 5.32 Å². The molecule has 0 spiro atoms. The van der Waals surface area contributed by atoms with E-state index >= 15 is 0 Å². The molecule has 1 amide bonds. The van der Waals surface area contributed by atoms with Gasteiger partial charge in [-0.1, -0.05) is 33.3 Å². The number of nitrogens with zero attached hydrogens (tertiary/aromatic N) is 1. The maximum absolute atomic E-state index is 12.9. The molecule has 1 aromatic heterocycles. The molecule has 0 saturated heterocycles. The number of rotatable bonds is 3. The first-order valence-corrected chi connectivity index (χ1v) is 11.3. The number of thiazole rings is 1. The highest BCUT2D eigenvalue weighted by molar-refractivity contribution is 9.10. The van der Waals surface area contributed by atoms with Crippen LogP contribution in [0.5, 0.6) is 0 Å². The highest BCUT2D eigenvalue weighted by atomic mass is 79.9. The van der Waals surface area contributed by atoms with Gasteiger partial charge in [-0.15, -0.1) is 0 Å². The summed E-state index contributed by atoms with van der Waals surface area (Å²) < 4.78 is 1.47. The minimum Gasteiger partial charge on any atom is -0.302 e. The Morgan fingerprint density at radius 3 is 2.69 bits per heavy atom. The fourth-order valence-corrected chi connectivity index (χ4v) is 9.04. The van der Waals surface area contributed by atoms with E-state index in [1.807, 2.05) is 0 Å². The van der Waals surface area contributed by atoms with Crippen LogP contribution in [-0.4, -0.2) is 15.2 Å². The standard InChI is InChI=1S/C21H25BrN2OS/c1-12-3-13(2)18-16(4-12)26-19(24-18)23-17(25)10-20-6-14-5-15(7-20)9-21(22,8-14)11-20/h3-4,14-15H,5-11H2,1-2H3,(H,23,24,25)/t14-,15+,20?,21?. The molecule has 1 heterocycles. The molecule has 5 heteroatoms. The lowest BCUT2D eigenvalue weighted by molar-refractivity contribution is -0.123. The van der Waals surface area contributed by atoms with Gasteiger partial charge in [-0.2, -0.15) is 0 Å². The number of hydrogen-bond donors (Lipinski definition) is 1. The predicted molar refractivity (Wildman–Crippen MR) is 111 cm³/mol. The van der Waals surface area contributed by atoms with Gasteiger partial charge in [-0.25, -0.2) is 4.98 Å². The molecule has 0 radical (unpaired) electrons. The number of fused-ring (bicyclic) bond motifs is 1. The predicted octanol–water partition coefficient (Wildman–Crippen LogP) is 5.98. The molecule has 2 unspecified atom stereocenters. The maximum atomic E-state index is 12.9. The molecule has 4 aliphatic rings. The highest BCUT2D eigenvalue weighted by Crippen LogP contribution is 2.65. The number of aryl methyl sites for hydroxylation is 2. The van der Waals surface area contributed by atoms with Crippen LogP contribution < -0.4 is 5.32 Å². The van der Waals surface area contributed by atoms with Gasteiger partial charge in [-0.3, -0.25) is 4.79 Å². The Bertz CT molecular complexity index is 891. The zero-order valence-corrected chi connectivity index (χ0v) is 17.8. The molecule has 1 aromatic carbocycles. The van der Waals surface area contributed by atoms with E-state index in [4.69, 9.17) is 0 Å². The van der Waals surface area contributed by atoms with E-state index in [2.05, 4.69) is 52.2 Å². The Kier molecular flexibility index (Phi) is 3.82. The fourth-order valence-electron chi connectivity index (χ4n) is 6.47. The van der Waals surface area contributed by atoms with Gasteiger partial charge in [0.05, 0.1) is 10.2 Å². The average molecular weight is 433 g/mol. The lowest BCUT2D eigenvalue weighted by Gasteiger charge is -2.60. The van der Waals surface area contributed by atoms with Gasteiger partial charge in [-0.05, 0) is 86.8 Å². The number of carbonyl (C=O) groups excluding carboxylic acids is 1. The summed E-state index contributed by atoms with van der Waals surface area (Å²) in [6.07, 6.45) is 8.30. The number of aromatic nitrogens is 1. The van der Waals surface area contributed by atoms with Crippen molar-refractivity contribution in [3.8, 4) is 0 Å². The molecular formula is C21H25BrN2OS. The van der Waals surface area contributed by atoms with Crippen molar-refractivity contribution in [1.29, 1.82) is 0 Å². The molecule has 1 N–H and O–H groups in total. The summed E-state index contributed by atoms with van der Waals surface area (Å²) in [5.41, 5.74) is 3.65. The molecule has 26 heavy (non-hydrogen) atoms. The summed E-state index contributed by atoms with van der Waals surface area (Å²) >= 11 is 5.64. The first kappa shape index (κ1) is 17.2. The van der Waals surface area contributed by atoms with Crippen molar-refractivity contribution in [3.05, 3.63) is 23.3 Å². The lowest BCUT2D eigenvalue weighted by atomic mass is 9.48. The summed E-state index contributed by atoms with van der Waals surface area (Å²) in [4.78, 5) is 17.5. The van der Waals surface area contributed by atoms with Crippen LogP contribution in [0.2, 0.25) is 0 Å². The van der Waals surface area contributed by atoms with Crippen LogP contribution in [-0.2, 0) is 4.79 Å². The average Bonchev–Trinajstić information content (AvgIpc) is 2.86. The molecule has 0 aliphatic heterocycles. The number of nitrogens with one attached hydrogen (secondary N) is 1. The quantitative estimate of drug-likeness (QED) is 0.606. The van der Waals surface area contributed by atoms with E-state index in [0.29, 0.717) is 10.7 Å². The molecule has 3 nitrogen and oxygen atoms in total. The topological polar surface area (TPSA) is 42.0 Å². The van der Waals surface area contributed by atoms with Crippen molar-refractivity contribution in [2.45, 2.75) is 63.1 Å². The number of alkyl halides is 1. The van der Waals surface area contributed by atoms with Crippen molar-refractivity contribution >= 4 is 48.5 Å². The Labute approximate surface area is 167 Å². The van der Waals surface area contributed by atoms with Crippen LogP contribution in [0.3, 0.4) is 0 Å². The van der Waals surface area contributed by atoms with Crippen LogP contribution in [0.1, 0.15) is 56.1 Å². The van der Waals surface area contributed by atoms with Crippen molar-refractivity contribution in [1.82, 2.24) is 4.98 Å². The first-order chi connectivity index (χ1) is 12.3. The smallest absolute Gasteiger partial charge is 0.226 e.